The van der Waals surface area contributed by atoms with Gasteiger partial charge in [0.05, 0.1) is 0 Å². The van der Waals surface area contributed by atoms with E-state index in [4.69, 9.17) is 22.2 Å². The Morgan fingerprint density at radius 2 is 1.57 bits per heavy atom. The molecule has 0 aromatic heterocycles. The van der Waals surface area contributed by atoms with E-state index in [2.05, 4.69) is 0 Å². The van der Waals surface area contributed by atoms with Crippen LogP contribution in [0, 0.1) is 0 Å². The molecule has 0 bridgehead atoms. The molecule has 14 heavy (non-hydrogen) atoms. The second-order valence-electron chi connectivity index (χ2n) is 3.02. The van der Waals surface area contributed by atoms with Crippen LogP contribution in [0.4, 0.5) is 4.11 Å². The van der Waals surface area contributed by atoms with E-state index in [1.807, 2.05) is 30.3 Å². The molecule has 0 saturated carbocycles. The van der Waals surface area contributed by atoms with E-state index in [1.54, 1.807) is 12.1 Å². The zero-order valence-corrected chi connectivity index (χ0v) is 9.69. The van der Waals surface area contributed by atoms with Gasteiger partial charge in [0.1, 0.15) is 0 Å². The fourth-order valence-corrected chi connectivity index (χ4v) is 3.28. The third-order valence-electron chi connectivity index (χ3n) is 2.10. The molecule has 0 atom stereocenters. The minimum absolute atomic E-state index is 0.430. The summed E-state index contributed by atoms with van der Waals surface area (Å²) in [5.74, 6) is 0. The molecular formula is C10H7Cl2FSi. The summed E-state index contributed by atoms with van der Waals surface area (Å²) < 4.78 is 13.5. The number of hydrogen-bond donors (Lipinski definition) is 0. The third kappa shape index (κ3) is 1.78. The second-order valence-corrected chi connectivity index (χ2v) is 8.26. The molecule has 4 heteroatoms. The van der Waals surface area contributed by atoms with Crippen molar-refractivity contribution in [3.8, 4) is 0 Å². The van der Waals surface area contributed by atoms with Crippen molar-refractivity contribution >= 4 is 45.1 Å². The van der Waals surface area contributed by atoms with Crippen LogP contribution >= 0.6 is 22.2 Å². The Kier molecular flexibility index (Phi) is 2.51. The van der Waals surface area contributed by atoms with Crippen LogP contribution in [0.15, 0.2) is 42.5 Å². The van der Waals surface area contributed by atoms with Crippen molar-refractivity contribution < 1.29 is 4.11 Å². The highest BCUT2D eigenvalue weighted by Crippen LogP contribution is 2.21. The summed E-state index contributed by atoms with van der Waals surface area (Å²) in [4.78, 5) is 0. The lowest BCUT2D eigenvalue weighted by molar-refractivity contribution is 0.865. The average molecular weight is 245 g/mol. The van der Waals surface area contributed by atoms with Crippen molar-refractivity contribution in [3.05, 3.63) is 42.5 Å². The molecule has 0 radical (unpaired) electrons. The van der Waals surface area contributed by atoms with Crippen molar-refractivity contribution in [1.82, 2.24) is 0 Å². The van der Waals surface area contributed by atoms with Gasteiger partial charge in [-0.15, -0.1) is 22.2 Å². The molecule has 0 nitrogen and oxygen atoms in total. The van der Waals surface area contributed by atoms with Gasteiger partial charge in [0.25, 0.3) is 0 Å². The molecule has 0 aliphatic carbocycles. The van der Waals surface area contributed by atoms with Crippen LogP contribution in [0.5, 0.6) is 0 Å². The zero-order valence-electron chi connectivity index (χ0n) is 7.18. The Morgan fingerprint density at radius 3 is 2.29 bits per heavy atom. The van der Waals surface area contributed by atoms with Crippen LogP contribution in [-0.2, 0) is 0 Å². The van der Waals surface area contributed by atoms with Gasteiger partial charge in [-0.1, -0.05) is 42.5 Å². The standard InChI is InChI=1S/C10H7Cl2FSi/c11-14(12,13)10-7-3-5-8-4-1-2-6-9(8)10/h1-7H. The van der Waals surface area contributed by atoms with E-state index in [1.165, 1.54) is 0 Å². The fourth-order valence-electron chi connectivity index (χ4n) is 1.47. The summed E-state index contributed by atoms with van der Waals surface area (Å²) in [5.41, 5.74) is 0. The maximum atomic E-state index is 13.5. The minimum Gasteiger partial charge on any atom is -0.266 e. The molecule has 0 N–H and O–H groups in total. The molecule has 2 aromatic rings. The number of hydrogen-bond acceptors (Lipinski definition) is 0. The Balaban J connectivity index is 2.78. The lowest BCUT2D eigenvalue weighted by Gasteiger charge is -2.09. The number of halogens is 3. The van der Waals surface area contributed by atoms with Crippen molar-refractivity contribution in [2.45, 2.75) is 0 Å². The van der Waals surface area contributed by atoms with Gasteiger partial charge >= 0.3 is 7.03 Å². The molecule has 0 saturated heterocycles. The molecule has 0 aliphatic heterocycles. The number of benzene rings is 2. The Morgan fingerprint density at radius 1 is 0.929 bits per heavy atom. The molecule has 72 valence electrons. The molecular weight excluding hydrogens is 238 g/mol. The van der Waals surface area contributed by atoms with E-state index in [-0.39, 0.29) is 0 Å². The Hall–Kier alpha value is -0.573. The van der Waals surface area contributed by atoms with Crippen LogP contribution in [-0.4, -0.2) is 7.03 Å². The van der Waals surface area contributed by atoms with Crippen molar-refractivity contribution in [2.75, 3.05) is 0 Å². The largest absolute Gasteiger partial charge is 0.465 e. The number of fused-ring (bicyclic) bond motifs is 1. The van der Waals surface area contributed by atoms with Crippen molar-refractivity contribution in [2.24, 2.45) is 0 Å². The van der Waals surface area contributed by atoms with Crippen molar-refractivity contribution in [3.63, 3.8) is 0 Å². The van der Waals surface area contributed by atoms with Crippen LogP contribution in [0.25, 0.3) is 10.8 Å². The molecule has 0 fully saturated rings. The predicted octanol–water partition coefficient (Wildman–Crippen LogP) is 3.43. The third-order valence-corrected chi connectivity index (χ3v) is 4.36. The van der Waals surface area contributed by atoms with Crippen LogP contribution in [0.3, 0.4) is 0 Å². The first-order chi connectivity index (χ1) is 6.59. The van der Waals surface area contributed by atoms with Gasteiger partial charge in [0.2, 0.25) is 0 Å². The molecule has 0 unspecified atom stereocenters. The molecule has 0 aliphatic rings. The summed E-state index contributed by atoms with van der Waals surface area (Å²) in [6.07, 6.45) is 0. The Labute approximate surface area is 91.9 Å². The molecule has 0 amide bonds. The highest BCUT2D eigenvalue weighted by atomic mass is 35.7. The van der Waals surface area contributed by atoms with Gasteiger partial charge in [-0.2, -0.15) is 0 Å². The predicted molar refractivity (Wildman–Crippen MR) is 62.2 cm³/mol. The van der Waals surface area contributed by atoms with Gasteiger partial charge in [-0.25, -0.2) is 0 Å². The van der Waals surface area contributed by atoms with E-state index in [9.17, 15) is 4.11 Å². The summed E-state index contributed by atoms with van der Waals surface area (Å²) in [5, 5.41) is 2.19. The lowest BCUT2D eigenvalue weighted by atomic mass is 10.1. The first-order valence-electron chi connectivity index (χ1n) is 4.14. The maximum absolute atomic E-state index is 13.5. The Bertz CT molecular complexity index is 460. The molecule has 2 aromatic carbocycles. The van der Waals surface area contributed by atoms with Crippen LogP contribution in [0.2, 0.25) is 0 Å². The highest BCUT2D eigenvalue weighted by Gasteiger charge is 2.33. The monoisotopic (exact) mass is 244 g/mol. The topological polar surface area (TPSA) is 0 Å². The molecule has 0 spiro atoms. The second kappa shape index (κ2) is 3.53. The average Bonchev–Trinajstić information content (AvgIpc) is 2.15. The van der Waals surface area contributed by atoms with E-state index < -0.39 is 7.03 Å². The van der Waals surface area contributed by atoms with Crippen molar-refractivity contribution in [1.29, 1.82) is 0 Å². The summed E-state index contributed by atoms with van der Waals surface area (Å²) in [7, 11) is -3.75. The summed E-state index contributed by atoms with van der Waals surface area (Å²) >= 11 is 11.2. The van der Waals surface area contributed by atoms with Crippen LogP contribution < -0.4 is 5.19 Å². The van der Waals surface area contributed by atoms with E-state index in [0.717, 1.165) is 10.8 Å². The fraction of sp³-hybridized carbons (Fsp3) is 0. The maximum Gasteiger partial charge on any atom is 0.465 e. The van der Waals surface area contributed by atoms with Gasteiger partial charge in [-0.05, 0) is 10.8 Å². The quantitative estimate of drug-likeness (QED) is 0.533. The van der Waals surface area contributed by atoms with Gasteiger partial charge in [0, 0.05) is 5.19 Å². The number of rotatable bonds is 1. The SMILES string of the molecule is F[Si](Cl)(Cl)c1cccc2ccccc12. The van der Waals surface area contributed by atoms with Gasteiger partial charge in [-0.3, -0.25) is 4.11 Å². The zero-order chi connectivity index (χ0) is 10.2. The summed E-state index contributed by atoms with van der Waals surface area (Å²) in [6, 6.07) is 12.8. The van der Waals surface area contributed by atoms with Crippen LogP contribution in [0.1, 0.15) is 0 Å². The van der Waals surface area contributed by atoms with E-state index in [0.29, 0.717) is 5.19 Å². The molecule has 0 heterocycles. The first kappa shape index (κ1) is 9.96. The van der Waals surface area contributed by atoms with Gasteiger partial charge < -0.3 is 0 Å². The smallest absolute Gasteiger partial charge is 0.266 e. The highest BCUT2D eigenvalue weighted by molar-refractivity contribution is 7.48. The van der Waals surface area contributed by atoms with E-state index >= 15 is 0 Å². The summed E-state index contributed by atoms with van der Waals surface area (Å²) in [6.45, 7) is 0. The first-order valence-corrected chi connectivity index (χ1v) is 8.04. The van der Waals surface area contributed by atoms with Gasteiger partial charge in [0.15, 0.2) is 0 Å². The lowest BCUT2D eigenvalue weighted by Crippen LogP contribution is -2.31. The minimum atomic E-state index is -3.75. The molecule has 2 rings (SSSR count). The normalized spacial score (nSPS) is 11.9.